The fourth-order valence-electron chi connectivity index (χ4n) is 1.97. The van der Waals surface area contributed by atoms with Crippen LogP contribution in [0.15, 0.2) is 28.9 Å². The smallest absolute Gasteiger partial charge is 0.134 e. The van der Waals surface area contributed by atoms with E-state index in [-0.39, 0.29) is 5.56 Å². The molecular formula is C13H14F2N2O. The van der Waals surface area contributed by atoms with Gasteiger partial charge in [0.25, 0.3) is 0 Å². The normalized spacial score (nSPS) is 12.7. The van der Waals surface area contributed by atoms with Crippen LogP contribution in [0.2, 0.25) is 0 Å². The number of nitrogens with one attached hydrogen (secondary N) is 1. The van der Waals surface area contributed by atoms with Crippen LogP contribution in [-0.4, -0.2) is 0 Å². The first-order valence-electron chi connectivity index (χ1n) is 5.51. The molecule has 5 heteroatoms. The Morgan fingerprint density at radius 2 is 1.94 bits per heavy atom. The van der Waals surface area contributed by atoms with Crippen molar-refractivity contribution >= 4 is 0 Å². The number of hydrazine groups is 1. The summed E-state index contributed by atoms with van der Waals surface area (Å²) in [6.07, 6.45) is 1.46. The second-order valence-electron chi connectivity index (χ2n) is 4.12. The van der Waals surface area contributed by atoms with Crippen LogP contribution >= 0.6 is 0 Å². The molecular weight excluding hydrogens is 238 g/mol. The average Bonchev–Trinajstić information content (AvgIpc) is 2.76. The summed E-state index contributed by atoms with van der Waals surface area (Å²) in [5, 5.41) is 0. The molecule has 2 aromatic rings. The van der Waals surface area contributed by atoms with Crippen LogP contribution in [0.5, 0.6) is 0 Å². The SMILES string of the molecule is Cc1ccc(F)c(C(NN)c2ccoc2C)c1F. The molecule has 0 aliphatic rings. The summed E-state index contributed by atoms with van der Waals surface area (Å²) in [6, 6.07) is 3.49. The third-order valence-corrected chi connectivity index (χ3v) is 2.98. The van der Waals surface area contributed by atoms with E-state index < -0.39 is 17.7 Å². The minimum Gasteiger partial charge on any atom is -0.469 e. The Hall–Kier alpha value is -1.72. The Kier molecular flexibility index (Phi) is 3.45. The number of benzene rings is 1. The third-order valence-electron chi connectivity index (χ3n) is 2.98. The van der Waals surface area contributed by atoms with E-state index in [9.17, 15) is 8.78 Å². The first-order valence-corrected chi connectivity index (χ1v) is 5.51. The lowest BCUT2D eigenvalue weighted by molar-refractivity contribution is 0.491. The van der Waals surface area contributed by atoms with Crippen molar-refractivity contribution in [3.05, 3.63) is 58.5 Å². The maximum Gasteiger partial charge on any atom is 0.134 e. The van der Waals surface area contributed by atoms with Crippen molar-refractivity contribution in [3.63, 3.8) is 0 Å². The third kappa shape index (κ3) is 2.02. The highest BCUT2D eigenvalue weighted by atomic mass is 19.1. The van der Waals surface area contributed by atoms with Gasteiger partial charge in [0, 0.05) is 11.1 Å². The first kappa shape index (κ1) is 12.7. The Labute approximate surface area is 104 Å². The maximum atomic E-state index is 14.1. The minimum atomic E-state index is -0.774. The van der Waals surface area contributed by atoms with Crippen LogP contribution in [0.3, 0.4) is 0 Å². The molecule has 0 amide bonds. The van der Waals surface area contributed by atoms with E-state index in [1.807, 2.05) is 0 Å². The molecule has 1 heterocycles. The molecule has 1 unspecified atom stereocenters. The Morgan fingerprint density at radius 1 is 1.22 bits per heavy atom. The number of halogens is 2. The summed E-state index contributed by atoms with van der Waals surface area (Å²) >= 11 is 0. The van der Waals surface area contributed by atoms with Gasteiger partial charge >= 0.3 is 0 Å². The van der Waals surface area contributed by atoms with Crippen molar-refractivity contribution in [1.29, 1.82) is 0 Å². The van der Waals surface area contributed by atoms with Crippen LogP contribution in [-0.2, 0) is 0 Å². The number of rotatable bonds is 3. The highest BCUT2D eigenvalue weighted by Gasteiger charge is 2.24. The van der Waals surface area contributed by atoms with E-state index in [1.54, 1.807) is 19.9 Å². The molecule has 0 saturated heterocycles. The fraction of sp³-hybridized carbons (Fsp3) is 0.231. The zero-order chi connectivity index (χ0) is 13.3. The van der Waals surface area contributed by atoms with Gasteiger partial charge < -0.3 is 4.42 Å². The van der Waals surface area contributed by atoms with Gasteiger partial charge in [0.05, 0.1) is 12.3 Å². The molecule has 1 aromatic carbocycles. The van der Waals surface area contributed by atoms with Crippen LogP contribution in [0.4, 0.5) is 8.78 Å². The molecule has 2 rings (SSSR count). The Morgan fingerprint density at radius 3 is 2.50 bits per heavy atom. The molecule has 0 aliphatic heterocycles. The van der Waals surface area contributed by atoms with Crippen molar-refractivity contribution < 1.29 is 13.2 Å². The lowest BCUT2D eigenvalue weighted by Crippen LogP contribution is -2.30. The van der Waals surface area contributed by atoms with E-state index in [1.165, 1.54) is 18.4 Å². The van der Waals surface area contributed by atoms with Gasteiger partial charge in [0.1, 0.15) is 17.4 Å². The largest absolute Gasteiger partial charge is 0.469 e. The topological polar surface area (TPSA) is 51.2 Å². The van der Waals surface area contributed by atoms with E-state index in [0.29, 0.717) is 16.9 Å². The van der Waals surface area contributed by atoms with E-state index >= 15 is 0 Å². The van der Waals surface area contributed by atoms with Crippen molar-refractivity contribution in [3.8, 4) is 0 Å². The molecule has 0 saturated carbocycles. The van der Waals surface area contributed by atoms with Gasteiger partial charge in [-0.2, -0.15) is 0 Å². The molecule has 1 aromatic heterocycles. The molecule has 0 fully saturated rings. The first-order chi connectivity index (χ1) is 8.56. The monoisotopic (exact) mass is 252 g/mol. The number of nitrogens with two attached hydrogens (primary N) is 1. The van der Waals surface area contributed by atoms with Gasteiger partial charge in [-0.05, 0) is 31.5 Å². The number of hydrogen-bond donors (Lipinski definition) is 2. The summed E-state index contributed by atoms with van der Waals surface area (Å²) < 4.78 is 33.0. The lowest BCUT2D eigenvalue weighted by atomic mass is 9.97. The molecule has 3 nitrogen and oxygen atoms in total. The van der Waals surface area contributed by atoms with Crippen molar-refractivity contribution in [2.24, 2.45) is 5.84 Å². The van der Waals surface area contributed by atoms with Gasteiger partial charge in [0.2, 0.25) is 0 Å². The summed E-state index contributed by atoms with van der Waals surface area (Å²) in [6.45, 7) is 3.29. The quantitative estimate of drug-likeness (QED) is 0.652. The predicted octanol–water partition coefficient (Wildman–Crippen LogP) is 2.73. The van der Waals surface area contributed by atoms with Gasteiger partial charge in [0.15, 0.2) is 0 Å². The second-order valence-corrected chi connectivity index (χ2v) is 4.12. The predicted molar refractivity (Wildman–Crippen MR) is 63.7 cm³/mol. The molecule has 0 radical (unpaired) electrons. The van der Waals surface area contributed by atoms with Crippen LogP contribution < -0.4 is 11.3 Å². The Bertz CT molecular complexity index is 566. The van der Waals surface area contributed by atoms with Crippen LogP contribution in [0, 0.1) is 25.5 Å². The summed E-state index contributed by atoms with van der Waals surface area (Å²) in [5.74, 6) is 4.76. The van der Waals surface area contributed by atoms with Gasteiger partial charge in [-0.1, -0.05) is 6.07 Å². The molecule has 0 bridgehead atoms. The zero-order valence-corrected chi connectivity index (χ0v) is 10.1. The number of aryl methyl sites for hydroxylation is 2. The van der Waals surface area contributed by atoms with Gasteiger partial charge in [-0.25, -0.2) is 14.2 Å². The van der Waals surface area contributed by atoms with Gasteiger partial charge in [-0.15, -0.1) is 0 Å². The average molecular weight is 252 g/mol. The standard InChI is InChI=1S/C13H14F2N2O/c1-7-3-4-10(14)11(12(7)15)13(17-16)9-5-6-18-8(9)2/h3-6,13,17H,16H2,1-2H3. The number of hydrogen-bond acceptors (Lipinski definition) is 3. The van der Waals surface area contributed by atoms with E-state index in [2.05, 4.69) is 5.43 Å². The van der Waals surface area contributed by atoms with Crippen molar-refractivity contribution in [2.45, 2.75) is 19.9 Å². The lowest BCUT2D eigenvalue weighted by Gasteiger charge is -2.18. The van der Waals surface area contributed by atoms with E-state index in [0.717, 1.165) is 0 Å². The summed E-state index contributed by atoms with van der Waals surface area (Å²) in [4.78, 5) is 0. The Balaban J connectivity index is 2.59. The molecule has 1 atom stereocenters. The molecule has 18 heavy (non-hydrogen) atoms. The minimum absolute atomic E-state index is 0.0954. The highest BCUT2D eigenvalue weighted by Crippen LogP contribution is 2.30. The fourth-order valence-corrected chi connectivity index (χ4v) is 1.97. The summed E-state index contributed by atoms with van der Waals surface area (Å²) in [5.41, 5.74) is 3.32. The van der Waals surface area contributed by atoms with Crippen LogP contribution in [0.1, 0.15) is 28.5 Å². The molecule has 96 valence electrons. The van der Waals surface area contributed by atoms with E-state index in [4.69, 9.17) is 10.3 Å². The van der Waals surface area contributed by atoms with Gasteiger partial charge in [-0.3, -0.25) is 5.84 Å². The maximum absolute atomic E-state index is 14.1. The molecule has 0 spiro atoms. The summed E-state index contributed by atoms with van der Waals surface area (Å²) in [7, 11) is 0. The van der Waals surface area contributed by atoms with Crippen molar-refractivity contribution in [2.75, 3.05) is 0 Å². The number of furan rings is 1. The zero-order valence-electron chi connectivity index (χ0n) is 10.1. The second kappa shape index (κ2) is 4.88. The molecule has 0 aliphatic carbocycles. The van der Waals surface area contributed by atoms with Crippen LogP contribution in [0.25, 0.3) is 0 Å². The highest BCUT2D eigenvalue weighted by molar-refractivity contribution is 5.37. The molecule has 3 N–H and O–H groups in total. The van der Waals surface area contributed by atoms with Crippen molar-refractivity contribution in [1.82, 2.24) is 5.43 Å².